The zero-order valence-electron chi connectivity index (χ0n) is 13.3. The number of carbonyl (C=O) groups is 1. The fourth-order valence-corrected chi connectivity index (χ4v) is 4.40. The minimum Gasteiger partial charge on any atom is -0.391 e. The Kier molecular flexibility index (Phi) is 5.94. The average Bonchev–Trinajstić information content (AvgIpc) is 2.98. The molecular formula is C15H20N2O5S2. The van der Waals surface area contributed by atoms with E-state index in [1.165, 1.54) is 5.48 Å². The molecule has 0 aliphatic heterocycles. The molecule has 24 heavy (non-hydrogen) atoms. The van der Waals surface area contributed by atoms with Gasteiger partial charge in [-0.1, -0.05) is 19.9 Å². The number of carbonyl (C=O) groups excluding carboxylic acids is 1. The number of rotatable bonds is 7. The van der Waals surface area contributed by atoms with Gasteiger partial charge in [0.2, 0.25) is 10.0 Å². The Hall–Kier alpha value is -1.52. The van der Waals surface area contributed by atoms with Crippen LogP contribution in [0.1, 0.15) is 19.4 Å². The van der Waals surface area contributed by atoms with Crippen LogP contribution in [-0.2, 0) is 20.6 Å². The second kappa shape index (κ2) is 7.58. The van der Waals surface area contributed by atoms with Crippen LogP contribution in [0.2, 0.25) is 0 Å². The van der Waals surface area contributed by atoms with Gasteiger partial charge in [-0.25, -0.2) is 13.9 Å². The van der Waals surface area contributed by atoms with Gasteiger partial charge < -0.3 is 5.11 Å². The summed E-state index contributed by atoms with van der Waals surface area (Å²) in [4.78, 5) is 11.7. The lowest BCUT2D eigenvalue weighted by molar-refractivity contribution is -0.134. The summed E-state index contributed by atoms with van der Waals surface area (Å²) in [6.45, 7) is 3.28. The van der Waals surface area contributed by atoms with E-state index in [2.05, 4.69) is 4.72 Å². The van der Waals surface area contributed by atoms with E-state index in [0.29, 0.717) is 5.56 Å². The summed E-state index contributed by atoms with van der Waals surface area (Å²) in [6, 6.07) is 5.74. The average molecular weight is 372 g/mol. The van der Waals surface area contributed by atoms with Crippen LogP contribution in [0.5, 0.6) is 0 Å². The molecule has 0 fully saturated rings. The van der Waals surface area contributed by atoms with Crippen LogP contribution in [0, 0.1) is 5.92 Å². The summed E-state index contributed by atoms with van der Waals surface area (Å²) in [5.74, 6) is -1.72. The summed E-state index contributed by atoms with van der Waals surface area (Å²) in [5.41, 5.74) is 1.95. The van der Waals surface area contributed by atoms with Crippen molar-refractivity contribution >= 4 is 37.4 Å². The molecule has 2 unspecified atom stereocenters. The number of aliphatic hydroxyl groups is 1. The molecular weight excluding hydrogens is 352 g/mol. The zero-order chi connectivity index (χ0) is 17.9. The third kappa shape index (κ3) is 4.52. The molecule has 4 N–H and O–H groups in total. The molecule has 0 saturated carbocycles. The molecule has 1 aromatic carbocycles. The van der Waals surface area contributed by atoms with Crippen LogP contribution in [0.4, 0.5) is 0 Å². The number of amides is 1. The molecule has 0 aliphatic carbocycles. The second-order valence-electron chi connectivity index (χ2n) is 5.86. The van der Waals surface area contributed by atoms with Gasteiger partial charge in [0.05, 0.1) is 11.9 Å². The minimum absolute atomic E-state index is 0.335. The highest BCUT2D eigenvalue weighted by molar-refractivity contribution is 7.88. The molecule has 0 aliphatic rings. The van der Waals surface area contributed by atoms with Gasteiger partial charge in [0.25, 0.3) is 5.91 Å². The van der Waals surface area contributed by atoms with Gasteiger partial charge in [0.15, 0.2) is 0 Å². The van der Waals surface area contributed by atoms with Crippen molar-refractivity contribution in [3.05, 3.63) is 35.2 Å². The van der Waals surface area contributed by atoms with Crippen LogP contribution in [0.15, 0.2) is 29.6 Å². The topological polar surface area (TPSA) is 116 Å². The Morgan fingerprint density at radius 1 is 1.29 bits per heavy atom. The molecule has 1 heterocycles. The van der Waals surface area contributed by atoms with Crippen molar-refractivity contribution in [3.63, 3.8) is 0 Å². The Bertz CT molecular complexity index is 816. The first-order valence-corrected chi connectivity index (χ1v) is 9.85. The number of aliphatic hydroxyl groups excluding tert-OH is 1. The highest BCUT2D eigenvalue weighted by Crippen LogP contribution is 2.22. The molecule has 132 valence electrons. The van der Waals surface area contributed by atoms with Crippen LogP contribution in [0.25, 0.3) is 10.1 Å². The highest BCUT2D eigenvalue weighted by atomic mass is 32.2. The van der Waals surface area contributed by atoms with E-state index >= 15 is 0 Å². The Morgan fingerprint density at radius 2 is 2.00 bits per heavy atom. The lowest BCUT2D eigenvalue weighted by atomic mass is 10.0. The van der Waals surface area contributed by atoms with Crippen molar-refractivity contribution in [3.8, 4) is 0 Å². The molecule has 2 atom stereocenters. The van der Waals surface area contributed by atoms with Gasteiger partial charge in [-0.3, -0.25) is 10.0 Å². The molecule has 7 nitrogen and oxygen atoms in total. The lowest BCUT2D eigenvalue weighted by Gasteiger charge is -2.24. The Morgan fingerprint density at radius 3 is 2.62 bits per heavy atom. The maximum atomic E-state index is 12.4. The number of sulfonamides is 1. The first-order valence-electron chi connectivity index (χ1n) is 7.31. The van der Waals surface area contributed by atoms with Crippen molar-refractivity contribution in [2.45, 2.75) is 31.7 Å². The van der Waals surface area contributed by atoms with E-state index in [1.54, 1.807) is 37.3 Å². The summed E-state index contributed by atoms with van der Waals surface area (Å²) < 4.78 is 27.9. The van der Waals surface area contributed by atoms with Gasteiger partial charge in [-0.15, -0.1) is 11.3 Å². The number of nitrogens with one attached hydrogen (secondary N) is 2. The number of hydrogen-bond acceptors (Lipinski definition) is 6. The summed E-state index contributed by atoms with van der Waals surface area (Å²) in [5, 5.41) is 21.7. The largest absolute Gasteiger partial charge is 0.391 e. The molecule has 1 amide bonds. The first kappa shape index (κ1) is 18.8. The van der Waals surface area contributed by atoms with E-state index in [1.807, 2.05) is 17.5 Å². The number of hydrogen-bond donors (Lipinski definition) is 4. The van der Waals surface area contributed by atoms with Crippen molar-refractivity contribution in [1.29, 1.82) is 0 Å². The Labute approximate surface area is 144 Å². The first-order chi connectivity index (χ1) is 11.2. The quantitative estimate of drug-likeness (QED) is 0.431. The number of thiophene rings is 1. The maximum Gasteiger partial charge on any atom is 0.264 e. The molecule has 1 aromatic heterocycles. The minimum atomic E-state index is -3.90. The predicted octanol–water partition coefficient (Wildman–Crippen LogP) is 1.21. The third-order valence-corrected chi connectivity index (χ3v) is 5.82. The van der Waals surface area contributed by atoms with E-state index in [4.69, 9.17) is 5.21 Å². The standard InChI is InChI=1S/C15H20N2O5S2/c1-9(2)14(18)13(15(19)16-20)17-24(21,22)8-10-3-4-12-11(7-10)5-6-23-12/h3-7,9,13-14,17-18,20H,8H2,1-2H3,(H,16,19). The van der Waals surface area contributed by atoms with Crippen LogP contribution in [0.3, 0.4) is 0 Å². The molecule has 9 heteroatoms. The van der Waals surface area contributed by atoms with Gasteiger partial charge >= 0.3 is 0 Å². The Balaban J connectivity index is 2.19. The van der Waals surface area contributed by atoms with Gasteiger partial charge in [0.1, 0.15) is 6.04 Å². The van der Waals surface area contributed by atoms with E-state index in [9.17, 15) is 18.3 Å². The van der Waals surface area contributed by atoms with E-state index in [0.717, 1.165) is 10.1 Å². The molecule has 2 rings (SSSR count). The number of fused-ring (bicyclic) bond motifs is 1. The number of hydroxylamine groups is 1. The van der Waals surface area contributed by atoms with Crippen molar-refractivity contribution < 1.29 is 23.5 Å². The van der Waals surface area contributed by atoms with Gasteiger partial charge in [0, 0.05) is 4.70 Å². The van der Waals surface area contributed by atoms with Gasteiger partial charge in [-0.2, -0.15) is 4.72 Å². The van der Waals surface area contributed by atoms with Crippen LogP contribution < -0.4 is 10.2 Å². The molecule has 0 bridgehead atoms. The maximum absolute atomic E-state index is 12.4. The molecule has 0 spiro atoms. The van der Waals surface area contributed by atoms with Crippen LogP contribution in [-0.4, -0.2) is 36.8 Å². The monoisotopic (exact) mass is 372 g/mol. The summed E-state index contributed by atoms with van der Waals surface area (Å²) >= 11 is 1.56. The SMILES string of the molecule is CC(C)C(O)C(NS(=O)(=O)Cc1ccc2sccc2c1)C(=O)NO. The smallest absolute Gasteiger partial charge is 0.264 e. The normalized spacial score (nSPS) is 14.7. The second-order valence-corrected chi connectivity index (χ2v) is 8.56. The van der Waals surface area contributed by atoms with Crippen molar-refractivity contribution in [2.24, 2.45) is 5.92 Å². The van der Waals surface area contributed by atoms with Crippen molar-refractivity contribution in [2.75, 3.05) is 0 Å². The van der Waals surface area contributed by atoms with Crippen LogP contribution >= 0.6 is 11.3 Å². The third-order valence-electron chi connectivity index (χ3n) is 3.60. The highest BCUT2D eigenvalue weighted by Gasteiger charge is 2.32. The molecule has 2 aromatic rings. The summed E-state index contributed by atoms with van der Waals surface area (Å²) in [7, 11) is -3.90. The predicted molar refractivity (Wildman–Crippen MR) is 92.1 cm³/mol. The van der Waals surface area contributed by atoms with Gasteiger partial charge in [-0.05, 0) is 40.4 Å². The van der Waals surface area contributed by atoms with Crippen molar-refractivity contribution in [1.82, 2.24) is 10.2 Å². The zero-order valence-corrected chi connectivity index (χ0v) is 14.9. The lowest BCUT2D eigenvalue weighted by Crippen LogP contribution is -2.54. The fraction of sp³-hybridized carbons (Fsp3) is 0.400. The molecule has 0 saturated heterocycles. The summed E-state index contributed by atoms with van der Waals surface area (Å²) in [6.07, 6.45) is -1.27. The van der Waals surface area contributed by atoms with E-state index in [-0.39, 0.29) is 11.7 Å². The molecule has 0 radical (unpaired) electrons. The number of benzene rings is 1. The van der Waals surface area contributed by atoms with E-state index < -0.39 is 28.1 Å². The fourth-order valence-electron chi connectivity index (χ4n) is 2.29.